The van der Waals surface area contributed by atoms with Gasteiger partial charge in [-0.25, -0.2) is 0 Å². The largest absolute Gasteiger partial charge is 0.508 e. The predicted molar refractivity (Wildman–Crippen MR) is 60.8 cm³/mol. The Morgan fingerprint density at radius 1 is 1.44 bits per heavy atom. The molecule has 1 heterocycles. The van der Waals surface area contributed by atoms with Crippen LogP contribution >= 0.6 is 0 Å². The molecule has 1 amide bonds. The van der Waals surface area contributed by atoms with Crippen LogP contribution in [0.15, 0.2) is 18.2 Å². The SMILES string of the molecule is CCC1Oc2ccc(O)cc2N(CC)C1=O. The van der Waals surface area contributed by atoms with Gasteiger partial charge in [-0.05, 0) is 25.5 Å². The molecule has 86 valence electrons. The number of carbonyl (C=O) groups excluding carboxylic acids is 1. The molecule has 2 rings (SSSR count). The molecule has 1 unspecified atom stereocenters. The number of fused-ring (bicyclic) bond motifs is 1. The Bertz CT molecular complexity index is 417. The van der Waals surface area contributed by atoms with E-state index in [-0.39, 0.29) is 11.7 Å². The fourth-order valence-electron chi connectivity index (χ4n) is 1.90. The molecule has 1 atom stereocenters. The van der Waals surface area contributed by atoms with Crippen LogP contribution in [0.3, 0.4) is 0 Å². The van der Waals surface area contributed by atoms with Gasteiger partial charge in [0, 0.05) is 12.6 Å². The Hall–Kier alpha value is -1.71. The first-order chi connectivity index (χ1) is 7.67. The number of phenols is 1. The second kappa shape index (κ2) is 4.04. The van der Waals surface area contributed by atoms with Gasteiger partial charge in [0.1, 0.15) is 11.5 Å². The van der Waals surface area contributed by atoms with Crippen LogP contribution in [0.25, 0.3) is 0 Å². The van der Waals surface area contributed by atoms with Crippen molar-refractivity contribution in [2.75, 3.05) is 11.4 Å². The lowest BCUT2D eigenvalue weighted by Crippen LogP contribution is -2.45. The summed E-state index contributed by atoms with van der Waals surface area (Å²) < 4.78 is 5.58. The van der Waals surface area contributed by atoms with Crippen LogP contribution in [0.1, 0.15) is 20.3 Å². The Labute approximate surface area is 94.4 Å². The van der Waals surface area contributed by atoms with Crippen LogP contribution in [-0.2, 0) is 4.79 Å². The summed E-state index contributed by atoms with van der Waals surface area (Å²) in [5.74, 6) is 0.762. The van der Waals surface area contributed by atoms with Crippen molar-refractivity contribution in [3.8, 4) is 11.5 Å². The summed E-state index contributed by atoms with van der Waals surface area (Å²) in [5, 5.41) is 9.42. The first kappa shape index (κ1) is 10.8. The minimum Gasteiger partial charge on any atom is -0.508 e. The number of phenolic OH excluding ortho intramolecular Hbond substituents is 1. The van der Waals surface area contributed by atoms with Crippen molar-refractivity contribution in [3.05, 3.63) is 18.2 Å². The maximum Gasteiger partial charge on any atom is 0.268 e. The van der Waals surface area contributed by atoms with Crippen LogP contribution in [0, 0.1) is 0 Å². The van der Waals surface area contributed by atoms with Gasteiger partial charge in [-0.3, -0.25) is 4.79 Å². The number of aromatic hydroxyl groups is 1. The molecular weight excluding hydrogens is 206 g/mol. The molecular formula is C12H15NO3. The van der Waals surface area contributed by atoms with E-state index in [1.807, 2.05) is 13.8 Å². The summed E-state index contributed by atoms with van der Waals surface area (Å²) in [6, 6.07) is 4.82. The lowest BCUT2D eigenvalue weighted by Gasteiger charge is -2.33. The number of carbonyl (C=O) groups is 1. The van der Waals surface area contributed by atoms with E-state index in [1.54, 1.807) is 23.1 Å². The molecule has 0 saturated carbocycles. The van der Waals surface area contributed by atoms with E-state index in [0.29, 0.717) is 24.4 Å². The molecule has 16 heavy (non-hydrogen) atoms. The number of hydrogen-bond acceptors (Lipinski definition) is 3. The number of anilines is 1. The zero-order valence-electron chi connectivity index (χ0n) is 9.43. The van der Waals surface area contributed by atoms with Gasteiger partial charge in [0.15, 0.2) is 6.10 Å². The Morgan fingerprint density at radius 3 is 2.81 bits per heavy atom. The third-order valence-corrected chi connectivity index (χ3v) is 2.73. The van der Waals surface area contributed by atoms with Crippen molar-refractivity contribution in [1.29, 1.82) is 0 Å². The summed E-state index contributed by atoms with van der Waals surface area (Å²) >= 11 is 0. The van der Waals surface area contributed by atoms with Crippen LogP contribution < -0.4 is 9.64 Å². The monoisotopic (exact) mass is 221 g/mol. The lowest BCUT2D eigenvalue weighted by molar-refractivity contribution is -0.126. The minimum absolute atomic E-state index is 0.0388. The molecule has 4 heteroatoms. The van der Waals surface area contributed by atoms with Crippen molar-refractivity contribution >= 4 is 11.6 Å². The molecule has 1 aliphatic rings. The fourth-order valence-corrected chi connectivity index (χ4v) is 1.90. The molecule has 1 N–H and O–H groups in total. The summed E-state index contributed by atoms with van der Waals surface area (Å²) in [6.45, 7) is 4.40. The molecule has 1 aromatic carbocycles. The van der Waals surface area contributed by atoms with E-state index >= 15 is 0 Å². The molecule has 0 spiro atoms. The first-order valence-electron chi connectivity index (χ1n) is 5.48. The Balaban J connectivity index is 2.47. The topological polar surface area (TPSA) is 49.8 Å². The standard InChI is InChI=1S/C12H15NO3/c1-3-10-12(15)13(4-2)9-7-8(14)5-6-11(9)16-10/h5-7,10,14H,3-4H2,1-2H3. The average molecular weight is 221 g/mol. The van der Waals surface area contributed by atoms with Crippen molar-refractivity contribution in [1.82, 2.24) is 0 Å². The van der Waals surface area contributed by atoms with Crippen LogP contribution in [0.4, 0.5) is 5.69 Å². The number of hydrogen-bond donors (Lipinski definition) is 1. The highest BCUT2D eigenvalue weighted by atomic mass is 16.5. The van der Waals surface area contributed by atoms with Gasteiger partial charge >= 0.3 is 0 Å². The molecule has 1 aromatic rings. The number of ether oxygens (including phenoxy) is 1. The average Bonchev–Trinajstić information content (AvgIpc) is 2.28. The van der Waals surface area contributed by atoms with Gasteiger partial charge in [0.05, 0.1) is 5.69 Å². The molecule has 4 nitrogen and oxygen atoms in total. The highest BCUT2D eigenvalue weighted by Gasteiger charge is 2.32. The van der Waals surface area contributed by atoms with E-state index < -0.39 is 6.10 Å². The fraction of sp³-hybridized carbons (Fsp3) is 0.417. The van der Waals surface area contributed by atoms with Gasteiger partial charge in [-0.2, -0.15) is 0 Å². The Morgan fingerprint density at radius 2 is 2.19 bits per heavy atom. The first-order valence-corrected chi connectivity index (χ1v) is 5.48. The summed E-state index contributed by atoms with van der Waals surface area (Å²) in [6.07, 6.45) is 0.243. The molecule has 0 saturated heterocycles. The number of rotatable bonds is 2. The van der Waals surface area contributed by atoms with E-state index in [1.165, 1.54) is 0 Å². The van der Waals surface area contributed by atoms with Crippen LogP contribution in [0.5, 0.6) is 11.5 Å². The maximum atomic E-state index is 12.0. The molecule has 0 radical (unpaired) electrons. The van der Waals surface area contributed by atoms with Gasteiger partial charge < -0.3 is 14.7 Å². The molecule has 0 aliphatic carbocycles. The van der Waals surface area contributed by atoms with E-state index in [0.717, 1.165) is 0 Å². The zero-order valence-corrected chi connectivity index (χ0v) is 9.43. The van der Waals surface area contributed by atoms with E-state index in [4.69, 9.17) is 4.74 Å². The lowest BCUT2D eigenvalue weighted by atomic mass is 10.1. The van der Waals surface area contributed by atoms with Crippen LogP contribution in [0.2, 0.25) is 0 Å². The predicted octanol–water partition coefficient (Wildman–Crippen LogP) is 1.92. The van der Waals surface area contributed by atoms with Crippen molar-refractivity contribution in [2.24, 2.45) is 0 Å². The van der Waals surface area contributed by atoms with Gasteiger partial charge in [0.2, 0.25) is 0 Å². The minimum atomic E-state index is -0.406. The summed E-state index contributed by atoms with van der Waals surface area (Å²) in [7, 11) is 0. The van der Waals surface area contributed by atoms with Gasteiger partial charge in [-0.15, -0.1) is 0 Å². The molecule has 0 fully saturated rings. The molecule has 0 aromatic heterocycles. The van der Waals surface area contributed by atoms with Crippen LogP contribution in [-0.4, -0.2) is 23.7 Å². The van der Waals surface area contributed by atoms with Crippen molar-refractivity contribution in [2.45, 2.75) is 26.4 Å². The maximum absolute atomic E-state index is 12.0. The van der Waals surface area contributed by atoms with E-state index in [9.17, 15) is 9.90 Å². The smallest absolute Gasteiger partial charge is 0.268 e. The molecule has 0 bridgehead atoms. The number of nitrogens with zero attached hydrogens (tertiary/aromatic N) is 1. The highest BCUT2D eigenvalue weighted by Crippen LogP contribution is 2.36. The number of amides is 1. The third-order valence-electron chi connectivity index (χ3n) is 2.73. The number of likely N-dealkylation sites (N-methyl/N-ethyl adjacent to an activating group) is 1. The number of benzene rings is 1. The van der Waals surface area contributed by atoms with Crippen molar-refractivity contribution in [3.63, 3.8) is 0 Å². The van der Waals surface area contributed by atoms with Crippen molar-refractivity contribution < 1.29 is 14.6 Å². The highest BCUT2D eigenvalue weighted by molar-refractivity contribution is 6.00. The molecule has 1 aliphatic heterocycles. The van der Waals surface area contributed by atoms with Gasteiger partial charge in [0.25, 0.3) is 5.91 Å². The third kappa shape index (κ3) is 1.60. The summed E-state index contributed by atoms with van der Waals surface area (Å²) in [4.78, 5) is 13.6. The zero-order chi connectivity index (χ0) is 11.7. The van der Waals surface area contributed by atoms with E-state index in [2.05, 4.69) is 0 Å². The summed E-state index contributed by atoms with van der Waals surface area (Å²) in [5.41, 5.74) is 0.650. The second-order valence-corrected chi connectivity index (χ2v) is 3.75. The quantitative estimate of drug-likeness (QED) is 0.830. The Kier molecular flexibility index (Phi) is 2.73. The van der Waals surface area contributed by atoms with Gasteiger partial charge in [-0.1, -0.05) is 6.92 Å². The normalized spacial score (nSPS) is 19.2. The second-order valence-electron chi connectivity index (χ2n) is 3.75.